The van der Waals surface area contributed by atoms with E-state index in [4.69, 9.17) is 4.74 Å². The molecule has 0 bridgehead atoms. The highest BCUT2D eigenvalue weighted by molar-refractivity contribution is 5.97. The third kappa shape index (κ3) is 2.05. The Kier molecular flexibility index (Phi) is 2.81. The zero-order chi connectivity index (χ0) is 11.7. The summed E-state index contributed by atoms with van der Waals surface area (Å²) < 4.78 is 4.84. The maximum absolute atomic E-state index is 12.1. The van der Waals surface area contributed by atoms with E-state index in [0.717, 1.165) is 24.8 Å². The zero-order valence-electron chi connectivity index (χ0n) is 9.80. The molecule has 1 saturated heterocycles. The van der Waals surface area contributed by atoms with Gasteiger partial charge < -0.3 is 4.74 Å². The first-order valence-corrected chi connectivity index (χ1v) is 6.33. The summed E-state index contributed by atoms with van der Waals surface area (Å²) in [4.78, 5) is 12.1. The SMILES string of the molecule is O=C1CC(c2ccccc2)[OH+]C2CCCC=C12. The summed E-state index contributed by atoms with van der Waals surface area (Å²) in [7, 11) is 0. The lowest BCUT2D eigenvalue weighted by atomic mass is 9.87. The van der Waals surface area contributed by atoms with Crippen LogP contribution in [0.5, 0.6) is 0 Å². The first-order valence-electron chi connectivity index (χ1n) is 6.33. The Morgan fingerprint density at radius 3 is 2.76 bits per heavy atom. The molecule has 2 unspecified atom stereocenters. The third-order valence-corrected chi connectivity index (χ3v) is 3.65. The Balaban J connectivity index is 1.85. The second-order valence-corrected chi connectivity index (χ2v) is 4.81. The monoisotopic (exact) mass is 229 g/mol. The van der Waals surface area contributed by atoms with Crippen LogP contribution < -0.4 is 0 Å². The number of benzene rings is 1. The van der Waals surface area contributed by atoms with Gasteiger partial charge in [-0.2, -0.15) is 0 Å². The van der Waals surface area contributed by atoms with Gasteiger partial charge in [-0.1, -0.05) is 36.4 Å². The molecule has 1 aromatic rings. The molecule has 2 heteroatoms. The fourth-order valence-corrected chi connectivity index (χ4v) is 2.76. The second-order valence-electron chi connectivity index (χ2n) is 4.81. The average molecular weight is 229 g/mol. The quantitative estimate of drug-likeness (QED) is 0.681. The highest BCUT2D eigenvalue weighted by Gasteiger charge is 2.38. The predicted octanol–water partition coefficient (Wildman–Crippen LogP) is 2.71. The molecule has 0 spiro atoms. The molecule has 1 N–H and O–H groups in total. The number of carbonyl (C=O) groups excluding carboxylic acids is 1. The van der Waals surface area contributed by atoms with Crippen LogP contribution in [0.25, 0.3) is 0 Å². The van der Waals surface area contributed by atoms with Crippen molar-refractivity contribution in [3.8, 4) is 0 Å². The van der Waals surface area contributed by atoms with Gasteiger partial charge in [0.25, 0.3) is 0 Å². The number of aliphatic hydroxyl groups is 2. The van der Waals surface area contributed by atoms with Gasteiger partial charge >= 0.3 is 0 Å². The minimum Gasteiger partial charge on any atom is -0.422 e. The van der Waals surface area contributed by atoms with Crippen LogP contribution >= 0.6 is 0 Å². The molecule has 0 aromatic heterocycles. The predicted molar refractivity (Wildman–Crippen MR) is 66.7 cm³/mol. The summed E-state index contributed by atoms with van der Waals surface area (Å²) in [6.45, 7) is 0. The van der Waals surface area contributed by atoms with Crippen LogP contribution in [0.4, 0.5) is 0 Å². The molecule has 1 fully saturated rings. The van der Waals surface area contributed by atoms with Gasteiger partial charge in [0.15, 0.2) is 18.0 Å². The van der Waals surface area contributed by atoms with Crippen molar-refractivity contribution in [1.29, 1.82) is 0 Å². The van der Waals surface area contributed by atoms with Gasteiger partial charge in [-0.05, 0) is 12.8 Å². The van der Waals surface area contributed by atoms with Crippen molar-refractivity contribution in [2.75, 3.05) is 0 Å². The lowest BCUT2D eigenvalue weighted by Crippen LogP contribution is -2.35. The molecule has 2 aliphatic rings. The summed E-state index contributed by atoms with van der Waals surface area (Å²) in [6, 6.07) is 10.2. The van der Waals surface area contributed by atoms with Crippen LogP contribution in [0, 0.1) is 0 Å². The fraction of sp³-hybridized carbons (Fsp3) is 0.400. The van der Waals surface area contributed by atoms with Crippen molar-refractivity contribution >= 4 is 5.78 Å². The number of allylic oxidation sites excluding steroid dienone is 1. The van der Waals surface area contributed by atoms with Gasteiger partial charge in [-0.15, -0.1) is 0 Å². The lowest BCUT2D eigenvalue weighted by Gasteiger charge is -2.30. The van der Waals surface area contributed by atoms with Crippen LogP contribution in [0.2, 0.25) is 0 Å². The molecule has 0 radical (unpaired) electrons. The summed E-state index contributed by atoms with van der Waals surface area (Å²) in [6.07, 6.45) is 6.13. The molecule has 2 atom stereocenters. The summed E-state index contributed by atoms with van der Waals surface area (Å²) in [5, 5.41) is 0. The molecule has 0 saturated carbocycles. The minimum atomic E-state index is 0.0731. The van der Waals surface area contributed by atoms with E-state index in [9.17, 15) is 4.79 Å². The number of rotatable bonds is 1. The Labute approximate surface area is 101 Å². The number of hydrogen-bond donors (Lipinski definition) is 0. The minimum absolute atomic E-state index is 0.0731. The van der Waals surface area contributed by atoms with E-state index >= 15 is 0 Å². The Morgan fingerprint density at radius 2 is 1.94 bits per heavy atom. The molecule has 1 heterocycles. The van der Waals surface area contributed by atoms with Gasteiger partial charge in [0.2, 0.25) is 0 Å². The number of carbonyl (C=O) groups is 1. The molecule has 3 rings (SSSR count). The van der Waals surface area contributed by atoms with Crippen molar-refractivity contribution in [1.82, 2.24) is 0 Å². The van der Waals surface area contributed by atoms with Gasteiger partial charge in [-0.25, -0.2) is 0 Å². The first kappa shape index (κ1) is 10.7. The molecule has 1 aliphatic carbocycles. The maximum Gasteiger partial charge on any atom is 0.188 e. The number of hydrogen-bond acceptors (Lipinski definition) is 1. The topological polar surface area (TPSA) is 29.9 Å². The smallest absolute Gasteiger partial charge is 0.188 e. The van der Waals surface area contributed by atoms with Crippen molar-refractivity contribution in [2.45, 2.75) is 37.9 Å². The summed E-state index contributed by atoms with van der Waals surface area (Å²) >= 11 is 0. The number of ether oxygens (including phenoxy) is 1. The Hall–Kier alpha value is -1.41. The van der Waals surface area contributed by atoms with E-state index < -0.39 is 0 Å². The molecule has 1 aliphatic heterocycles. The average Bonchev–Trinajstić information content (AvgIpc) is 2.40. The van der Waals surface area contributed by atoms with Crippen molar-refractivity contribution in [2.24, 2.45) is 0 Å². The third-order valence-electron chi connectivity index (χ3n) is 3.65. The van der Waals surface area contributed by atoms with Gasteiger partial charge in [-0.3, -0.25) is 4.79 Å². The fourth-order valence-electron chi connectivity index (χ4n) is 2.76. The second kappa shape index (κ2) is 4.46. The van der Waals surface area contributed by atoms with Crippen LogP contribution in [0.1, 0.15) is 37.4 Å². The van der Waals surface area contributed by atoms with Crippen LogP contribution in [0.15, 0.2) is 42.0 Å². The zero-order valence-corrected chi connectivity index (χ0v) is 9.80. The molecule has 88 valence electrons. The van der Waals surface area contributed by atoms with E-state index in [1.807, 2.05) is 18.2 Å². The number of fused-ring (bicyclic) bond motifs is 1. The van der Waals surface area contributed by atoms with Gasteiger partial charge in [0, 0.05) is 12.0 Å². The van der Waals surface area contributed by atoms with Crippen LogP contribution in [0.3, 0.4) is 0 Å². The molecular weight excluding hydrogens is 212 g/mol. The van der Waals surface area contributed by atoms with E-state index in [2.05, 4.69) is 18.2 Å². The van der Waals surface area contributed by atoms with Crippen LogP contribution in [-0.2, 0) is 4.79 Å². The number of Topliss-reactive ketones (excluding diaryl/α,β-unsaturated/α-hetero) is 1. The Bertz CT molecular complexity index is 447. The van der Waals surface area contributed by atoms with E-state index in [0.29, 0.717) is 12.2 Å². The molecule has 0 amide bonds. The standard InChI is InChI=1S/C15H16O2/c16-13-10-15(11-6-2-1-3-7-11)17-14-9-5-4-8-12(13)14/h1-3,6-8,14-15H,4-5,9-10H2/p+1. The largest absolute Gasteiger partial charge is 0.422 e. The van der Waals surface area contributed by atoms with Crippen molar-refractivity contribution in [3.05, 3.63) is 47.5 Å². The van der Waals surface area contributed by atoms with Gasteiger partial charge in [0.05, 0.1) is 12.0 Å². The van der Waals surface area contributed by atoms with Crippen LogP contribution in [-0.4, -0.2) is 16.6 Å². The molecular formula is C15H17O2+. The maximum atomic E-state index is 12.1. The van der Waals surface area contributed by atoms with Crippen molar-refractivity contribution < 1.29 is 9.53 Å². The lowest BCUT2D eigenvalue weighted by molar-refractivity contribution is -0.176. The molecule has 17 heavy (non-hydrogen) atoms. The normalized spacial score (nSPS) is 28.5. The molecule has 1 aromatic carbocycles. The first-order chi connectivity index (χ1) is 8.34. The molecule has 2 nitrogen and oxygen atoms in total. The summed E-state index contributed by atoms with van der Waals surface area (Å²) in [5.41, 5.74) is 2.15. The number of ketones is 1. The van der Waals surface area contributed by atoms with Gasteiger partial charge in [0.1, 0.15) is 0 Å². The summed E-state index contributed by atoms with van der Waals surface area (Å²) in [5.74, 6) is 0.304. The van der Waals surface area contributed by atoms with E-state index in [1.165, 1.54) is 5.56 Å². The van der Waals surface area contributed by atoms with Crippen molar-refractivity contribution in [3.63, 3.8) is 0 Å². The highest BCUT2D eigenvalue weighted by Crippen LogP contribution is 2.34. The van der Waals surface area contributed by atoms with E-state index in [1.54, 1.807) is 0 Å². The van der Waals surface area contributed by atoms with E-state index in [-0.39, 0.29) is 12.2 Å². The Morgan fingerprint density at radius 1 is 1.12 bits per heavy atom. The highest BCUT2D eigenvalue weighted by atomic mass is 16.5.